The van der Waals surface area contributed by atoms with Crippen LogP contribution in [0.1, 0.15) is 10.6 Å². The monoisotopic (exact) mass is 394 g/mol. The van der Waals surface area contributed by atoms with Gasteiger partial charge in [0.15, 0.2) is 5.13 Å². The molecule has 0 radical (unpaired) electrons. The zero-order valence-electron chi connectivity index (χ0n) is 13.0. The van der Waals surface area contributed by atoms with Crippen molar-refractivity contribution in [3.8, 4) is 0 Å². The van der Waals surface area contributed by atoms with Crippen molar-refractivity contribution in [3.63, 3.8) is 0 Å². The topological polar surface area (TPSA) is 123 Å². The molecule has 0 fully saturated rings. The number of nitrogen functional groups attached to an aromatic ring is 1. The molecule has 0 aliphatic rings. The summed E-state index contributed by atoms with van der Waals surface area (Å²) in [6, 6.07) is 3.87. The van der Waals surface area contributed by atoms with Crippen LogP contribution in [-0.2, 0) is 4.79 Å². The van der Waals surface area contributed by atoms with Gasteiger partial charge in [0.05, 0.1) is 17.7 Å². The highest BCUT2D eigenvalue weighted by Gasteiger charge is 2.12. The van der Waals surface area contributed by atoms with Crippen LogP contribution in [0, 0.1) is 6.92 Å². The molecule has 4 N–H and O–H groups in total. The predicted octanol–water partition coefficient (Wildman–Crippen LogP) is 2.00. The minimum atomic E-state index is -0.187. The summed E-state index contributed by atoms with van der Waals surface area (Å²) in [5.74, 6) is 6.14. The van der Waals surface area contributed by atoms with E-state index in [4.69, 9.17) is 5.84 Å². The first-order chi connectivity index (χ1) is 12.1. The van der Waals surface area contributed by atoms with E-state index in [1.165, 1.54) is 27.8 Å². The highest BCUT2D eigenvalue weighted by molar-refractivity contribution is 7.99. The highest BCUT2D eigenvalue weighted by Crippen LogP contribution is 2.18. The predicted molar refractivity (Wildman–Crippen MR) is 102 cm³/mol. The van der Waals surface area contributed by atoms with Crippen LogP contribution in [0.15, 0.2) is 33.2 Å². The largest absolute Gasteiger partial charge is 0.334 e. The van der Waals surface area contributed by atoms with Crippen LogP contribution in [0.4, 0.5) is 11.1 Å². The lowest BCUT2D eigenvalue weighted by Crippen LogP contribution is -2.16. The van der Waals surface area contributed by atoms with E-state index in [-0.39, 0.29) is 17.6 Å². The fourth-order valence-electron chi connectivity index (χ4n) is 1.67. The summed E-state index contributed by atoms with van der Waals surface area (Å²) in [6.07, 6.45) is 1.66. The average Bonchev–Trinajstić information content (AvgIpc) is 3.30. The molecule has 0 aliphatic carbocycles. The Labute approximate surface area is 155 Å². The number of nitrogens with two attached hydrogens (primary N) is 1. The molecule has 0 aromatic carbocycles. The molecule has 3 aromatic rings. The first-order valence-electron chi connectivity index (χ1n) is 6.99. The maximum atomic E-state index is 11.9. The van der Waals surface area contributed by atoms with Crippen molar-refractivity contribution in [3.05, 3.63) is 33.5 Å². The first-order valence-corrected chi connectivity index (χ1v) is 9.74. The molecule has 1 amide bonds. The number of hydrazone groups is 1. The molecule has 3 rings (SSSR count). The standard InChI is InChI=1S/C13H14N8OS3/c1-8-6-24-12(16-8)17-10(22)7-25-13-20-19-11(21(13)14)18-15-5-9-3-2-4-23-9/h2-6H,7,14H2,1H3,(H,18,19)(H,16,17,22)/b15-5+. The Balaban J connectivity index is 1.51. The molecule has 130 valence electrons. The van der Waals surface area contributed by atoms with Gasteiger partial charge in [0.25, 0.3) is 5.95 Å². The number of carbonyl (C=O) groups is 1. The molecule has 0 aliphatic heterocycles. The van der Waals surface area contributed by atoms with Crippen LogP contribution in [-0.4, -0.2) is 37.7 Å². The number of nitrogens with one attached hydrogen (secondary N) is 2. The number of rotatable bonds is 7. The summed E-state index contributed by atoms with van der Waals surface area (Å²) in [7, 11) is 0. The van der Waals surface area contributed by atoms with Crippen LogP contribution >= 0.6 is 34.4 Å². The van der Waals surface area contributed by atoms with E-state index in [1.54, 1.807) is 17.6 Å². The van der Waals surface area contributed by atoms with E-state index in [0.717, 1.165) is 10.6 Å². The minimum absolute atomic E-state index is 0.145. The summed E-state index contributed by atoms with van der Waals surface area (Å²) in [5.41, 5.74) is 3.59. The second-order valence-electron chi connectivity index (χ2n) is 4.69. The zero-order valence-corrected chi connectivity index (χ0v) is 15.5. The number of aromatic nitrogens is 4. The second-order valence-corrected chi connectivity index (χ2v) is 7.47. The summed E-state index contributed by atoms with van der Waals surface area (Å²) in [6.45, 7) is 1.87. The summed E-state index contributed by atoms with van der Waals surface area (Å²) >= 11 is 4.12. The third-order valence-electron chi connectivity index (χ3n) is 2.76. The van der Waals surface area contributed by atoms with Gasteiger partial charge in [-0.1, -0.05) is 17.8 Å². The summed E-state index contributed by atoms with van der Waals surface area (Å²) < 4.78 is 1.25. The number of carbonyl (C=O) groups excluding carboxylic acids is 1. The van der Waals surface area contributed by atoms with E-state index >= 15 is 0 Å². The molecular weight excluding hydrogens is 380 g/mol. The van der Waals surface area contributed by atoms with Crippen molar-refractivity contribution in [2.45, 2.75) is 12.1 Å². The van der Waals surface area contributed by atoms with Gasteiger partial charge in [0, 0.05) is 10.3 Å². The van der Waals surface area contributed by atoms with E-state index in [2.05, 4.69) is 31.0 Å². The minimum Gasteiger partial charge on any atom is -0.334 e. The van der Waals surface area contributed by atoms with Crippen LogP contribution < -0.4 is 16.6 Å². The number of hydrogen-bond acceptors (Lipinski definition) is 10. The van der Waals surface area contributed by atoms with Crippen LogP contribution in [0.25, 0.3) is 0 Å². The van der Waals surface area contributed by atoms with Crippen molar-refractivity contribution in [1.29, 1.82) is 0 Å². The van der Waals surface area contributed by atoms with Gasteiger partial charge in [-0.3, -0.25) is 4.79 Å². The Morgan fingerprint density at radius 3 is 3.08 bits per heavy atom. The maximum Gasteiger partial charge on any atom is 0.264 e. The molecular formula is C13H14N8OS3. The van der Waals surface area contributed by atoms with Gasteiger partial charge in [-0.25, -0.2) is 15.1 Å². The van der Waals surface area contributed by atoms with Gasteiger partial charge in [-0.2, -0.15) is 5.10 Å². The third-order valence-corrected chi connectivity index (χ3v) is 5.39. The zero-order chi connectivity index (χ0) is 17.6. The number of anilines is 2. The van der Waals surface area contributed by atoms with Gasteiger partial charge in [-0.15, -0.1) is 32.9 Å². The van der Waals surface area contributed by atoms with E-state index < -0.39 is 0 Å². The number of thiophene rings is 1. The SMILES string of the molecule is Cc1csc(NC(=O)CSc2nnc(N/N=C/c3cccs3)n2N)n1. The molecule has 0 atom stereocenters. The summed E-state index contributed by atoms with van der Waals surface area (Å²) in [4.78, 5) is 17.1. The van der Waals surface area contributed by atoms with Crippen molar-refractivity contribution >= 4 is 57.6 Å². The van der Waals surface area contributed by atoms with Gasteiger partial charge >= 0.3 is 0 Å². The van der Waals surface area contributed by atoms with Crippen molar-refractivity contribution < 1.29 is 4.79 Å². The molecule has 0 saturated carbocycles. The quantitative estimate of drug-likeness (QED) is 0.242. The maximum absolute atomic E-state index is 11.9. The molecule has 0 spiro atoms. The van der Waals surface area contributed by atoms with Gasteiger partial charge in [0.2, 0.25) is 11.1 Å². The van der Waals surface area contributed by atoms with Crippen LogP contribution in [0.3, 0.4) is 0 Å². The summed E-state index contributed by atoms with van der Waals surface area (Å²) in [5, 5.41) is 19.4. The van der Waals surface area contributed by atoms with Crippen LogP contribution in [0.5, 0.6) is 0 Å². The number of hydrogen-bond donors (Lipinski definition) is 3. The molecule has 3 heterocycles. The normalized spacial score (nSPS) is 11.1. The van der Waals surface area contributed by atoms with Crippen molar-refractivity contribution in [1.82, 2.24) is 19.9 Å². The molecule has 0 bridgehead atoms. The lowest BCUT2D eigenvalue weighted by molar-refractivity contribution is -0.113. The van der Waals surface area contributed by atoms with Gasteiger partial charge in [-0.05, 0) is 18.4 Å². The van der Waals surface area contributed by atoms with Gasteiger partial charge < -0.3 is 11.2 Å². The molecule has 12 heteroatoms. The fraction of sp³-hybridized carbons (Fsp3) is 0.154. The van der Waals surface area contributed by atoms with E-state index in [0.29, 0.717) is 10.3 Å². The number of thioether (sulfide) groups is 1. The highest BCUT2D eigenvalue weighted by atomic mass is 32.2. The second kappa shape index (κ2) is 8.09. The van der Waals surface area contributed by atoms with Crippen LogP contribution in [0.2, 0.25) is 0 Å². The smallest absolute Gasteiger partial charge is 0.264 e. The van der Waals surface area contributed by atoms with E-state index in [9.17, 15) is 4.79 Å². The van der Waals surface area contributed by atoms with Crippen molar-refractivity contribution in [2.75, 3.05) is 22.3 Å². The lowest BCUT2D eigenvalue weighted by Gasteiger charge is -2.03. The number of nitrogens with zero attached hydrogens (tertiary/aromatic N) is 5. The van der Waals surface area contributed by atoms with Crippen molar-refractivity contribution in [2.24, 2.45) is 5.10 Å². The Bertz CT molecular complexity index is 870. The lowest BCUT2D eigenvalue weighted by atomic mass is 10.5. The third kappa shape index (κ3) is 4.78. The molecule has 9 nitrogen and oxygen atoms in total. The molecule has 0 unspecified atom stereocenters. The number of thiazole rings is 1. The average molecular weight is 395 g/mol. The first kappa shape index (κ1) is 17.4. The van der Waals surface area contributed by atoms with E-state index in [1.807, 2.05) is 29.8 Å². The molecule has 0 saturated heterocycles. The molecule has 25 heavy (non-hydrogen) atoms. The number of aryl methyl sites for hydroxylation is 1. The Morgan fingerprint density at radius 2 is 2.36 bits per heavy atom. The Hall–Kier alpha value is -2.44. The molecule has 3 aromatic heterocycles. The fourth-order valence-corrected chi connectivity index (χ4v) is 3.61. The Kier molecular flexibility index (Phi) is 5.63. The Morgan fingerprint density at radius 1 is 1.48 bits per heavy atom. The number of amides is 1. The van der Waals surface area contributed by atoms with Gasteiger partial charge in [0.1, 0.15) is 0 Å².